The maximum absolute atomic E-state index is 12.1. The predicted molar refractivity (Wildman–Crippen MR) is 226 cm³/mol. The fraction of sp³-hybridized carbons (Fsp3) is 0.419. The van der Waals surface area contributed by atoms with Crippen molar-refractivity contribution < 1.29 is 53.0 Å². The molecule has 13 nitrogen and oxygen atoms in total. The number of carbonyl (C=O) groups is 1. The molecule has 0 bridgehead atoms. The number of nitrogens with zero attached hydrogens (tertiary/aromatic N) is 1. The van der Waals surface area contributed by atoms with Crippen LogP contribution in [0.15, 0.2) is 103 Å². The number of aliphatic carboxylic acids is 1. The van der Waals surface area contributed by atoms with Crippen LogP contribution in [0.2, 0.25) is 0 Å². The summed E-state index contributed by atoms with van der Waals surface area (Å²) >= 11 is 0. The number of nitrogens with one attached hydrogen (secondary N) is 1. The van der Waals surface area contributed by atoms with Gasteiger partial charge in [0.25, 0.3) is 0 Å². The quantitative estimate of drug-likeness (QED) is 0.0626. The molecule has 9 N–H and O–H groups in total. The highest BCUT2D eigenvalue weighted by Crippen LogP contribution is 2.42. The third kappa shape index (κ3) is 15.6. The minimum atomic E-state index is -4.67. The van der Waals surface area contributed by atoms with Gasteiger partial charge in [-0.15, -0.1) is 12.4 Å². The number of rotatable bonds is 14. The maximum atomic E-state index is 12.1. The molecule has 4 aromatic carbocycles. The number of halogens is 1. The number of aliphatic hydroxyl groups is 3. The van der Waals surface area contributed by atoms with Crippen LogP contribution in [0.5, 0.6) is 11.5 Å². The van der Waals surface area contributed by atoms with E-state index in [1.165, 1.54) is 18.2 Å². The average Bonchev–Trinajstić information content (AvgIpc) is 3.16. The highest BCUT2D eigenvalue weighted by atomic mass is 35.5. The third-order valence-corrected chi connectivity index (χ3v) is 10.1. The van der Waals surface area contributed by atoms with E-state index in [0.717, 1.165) is 61.2 Å². The molecule has 320 valence electrons. The summed E-state index contributed by atoms with van der Waals surface area (Å²) in [5.74, 6) is -0.828. The van der Waals surface area contributed by atoms with Crippen molar-refractivity contribution in [3.63, 3.8) is 0 Å². The Labute approximate surface area is 348 Å². The summed E-state index contributed by atoms with van der Waals surface area (Å²) in [6.45, 7) is 10.5. The Morgan fingerprint density at radius 2 is 1.24 bits per heavy atom. The van der Waals surface area contributed by atoms with Gasteiger partial charge in [0.1, 0.15) is 17.1 Å². The van der Waals surface area contributed by atoms with Crippen LogP contribution in [0, 0.1) is 5.92 Å². The largest absolute Gasteiger partial charge is 0.508 e. The average molecular weight is 847 g/mol. The molecule has 0 saturated carbocycles. The number of phenolic OH excluding ortho intramolecular Hbond substituents is 2. The highest BCUT2D eigenvalue weighted by Gasteiger charge is 2.41. The topological polar surface area (TPSA) is 228 Å². The van der Waals surface area contributed by atoms with Gasteiger partial charge in [-0.25, -0.2) is 0 Å². The first kappa shape index (κ1) is 50.1. The zero-order valence-corrected chi connectivity index (χ0v) is 35.0. The minimum absolute atomic E-state index is 0. The summed E-state index contributed by atoms with van der Waals surface area (Å²) in [7, 11) is -4.67. The van der Waals surface area contributed by atoms with E-state index in [2.05, 4.69) is 10.2 Å². The number of phenols is 2. The molecule has 2 atom stereocenters. The summed E-state index contributed by atoms with van der Waals surface area (Å²) in [6.07, 6.45) is 2.04. The van der Waals surface area contributed by atoms with Gasteiger partial charge in [-0.2, -0.15) is 8.42 Å². The van der Waals surface area contributed by atoms with E-state index in [-0.39, 0.29) is 35.9 Å². The lowest BCUT2D eigenvalue weighted by atomic mass is 9.72. The van der Waals surface area contributed by atoms with Crippen molar-refractivity contribution in [2.45, 2.75) is 82.6 Å². The van der Waals surface area contributed by atoms with Crippen LogP contribution >= 0.6 is 12.4 Å². The van der Waals surface area contributed by atoms with Crippen LogP contribution in [0.25, 0.3) is 0 Å². The molecule has 5 rings (SSSR count). The van der Waals surface area contributed by atoms with Gasteiger partial charge in [0.15, 0.2) is 0 Å². The van der Waals surface area contributed by atoms with Gasteiger partial charge in [-0.3, -0.25) is 13.9 Å². The molecule has 1 fully saturated rings. The number of piperidine rings is 1. The van der Waals surface area contributed by atoms with E-state index in [4.69, 9.17) is 17.5 Å². The fourth-order valence-corrected chi connectivity index (χ4v) is 6.79. The number of hydrogen-bond donors (Lipinski definition) is 9. The zero-order valence-electron chi connectivity index (χ0n) is 33.3. The van der Waals surface area contributed by atoms with Crippen LogP contribution in [0.4, 0.5) is 0 Å². The number of aromatic hydroxyl groups is 2. The molecule has 0 radical (unpaired) electrons. The molecule has 0 amide bonds. The number of likely N-dealkylation sites (tertiary alicyclic amines) is 1. The molecule has 4 aromatic rings. The maximum Gasteiger partial charge on any atom is 0.394 e. The van der Waals surface area contributed by atoms with Gasteiger partial charge >= 0.3 is 16.4 Å². The molecule has 2 unspecified atom stereocenters. The van der Waals surface area contributed by atoms with Crippen LogP contribution in [0.3, 0.4) is 0 Å². The number of carboxylic acid groups (broad SMARTS) is 1. The Morgan fingerprint density at radius 3 is 1.67 bits per heavy atom. The summed E-state index contributed by atoms with van der Waals surface area (Å²) in [5.41, 5.74) is 1.97. The molecule has 15 heteroatoms. The SMILES string of the molecule is CC(C)(C(=O)O)c1ccc(C(O)CCCN2CCC(C(O)(c3ccccc3)c3ccccc3)CC2)cc1.CC(C)NCC(O)c1cc(O)cc(O)c1.Cl.O=S(=O)(O)O. The molecular weight excluding hydrogens is 788 g/mol. The zero-order chi connectivity index (χ0) is 42.4. The van der Waals surface area contributed by atoms with Crippen molar-refractivity contribution in [1.82, 2.24) is 10.2 Å². The first-order valence-corrected chi connectivity index (χ1v) is 20.3. The Hall–Kier alpha value is -4.09. The molecular formula is C43H59ClN2O11S. The van der Waals surface area contributed by atoms with E-state index < -0.39 is 39.6 Å². The van der Waals surface area contributed by atoms with Crippen molar-refractivity contribution >= 4 is 28.8 Å². The molecule has 58 heavy (non-hydrogen) atoms. The lowest BCUT2D eigenvalue weighted by Crippen LogP contribution is -2.44. The first-order valence-electron chi connectivity index (χ1n) is 18.9. The smallest absolute Gasteiger partial charge is 0.394 e. The van der Waals surface area contributed by atoms with Crippen molar-refractivity contribution in [1.29, 1.82) is 0 Å². The van der Waals surface area contributed by atoms with Crippen LogP contribution in [-0.2, 0) is 26.2 Å². The Balaban J connectivity index is 0.000000458. The number of aliphatic hydroxyl groups excluding tert-OH is 2. The molecule has 0 spiro atoms. The normalized spacial score (nSPS) is 14.9. The van der Waals surface area contributed by atoms with Crippen molar-refractivity contribution in [2.24, 2.45) is 5.92 Å². The Morgan fingerprint density at radius 1 is 0.776 bits per heavy atom. The lowest BCUT2D eigenvalue weighted by Gasteiger charge is -2.42. The lowest BCUT2D eigenvalue weighted by molar-refractivity contribution is -0.142. The summed E-state index contributed by atoms with van der Waals surface area (Å²) in [6, 6.07) is 31.7. The second kappa shape index (κ2) is 22.9. The molecule has 0 aromatic heterocycles. The third-order valence-electron chi connectivity index (χ3n) is 10.1. The van der Waals surface area contributed by atoms with E-state index in [1.54, 1.807) is 26.0 Å². The summed E-state index contributed by atoms with van der Waals surface area (Å²) in [4.78, 5) is 13.9. The second-order valence-corrected chi connectivity index (χ2v) is 16.0. The van der Waals surface area contributed by atoms with Gasteiger partial charge < -0.3 is 40.9 Å². The first-order chi connectivity index (χ1) is 26.7. The number of carboxylic acids is 1. The standard InChI is InChI=1S/C32H39NO4.C11H17NO3.ClH.H2O4S/c1-31(2,30(35)36)25-17-15-24(16-18-25)29(34)14-9-21-33-22-19-28(20-23-33)32(37,26-10-5-3-6-11-26)27-12-7-4-8-13-27;1-7(2)12-6-11(15)8-3-9(13)5-10(14)4-8;;1-5(2,3)4/h3-8,10-13,15-18,28-29,34,37H,9,14,19-23H2,1-2H3,(H,35,36);3-5,7,11-15H,6H2,1-2H3;1H;(H2,1,2,3,4). The Kier molecular flexibility index (Phi) is 19.8. The van der Waals surface area contributed by atoms with Gasteiger partial charge in [0.05, 0.1) is 17.6 Å². The van der Waals surface area contributed by atoms with Crippen molar-refractivity contribution in [3.8, 4) is 11.5 Å². The van der Waals surface area contributed by atoms with Crippen molar-refractivity contribution in [2.75, 3.05) is 26.2 Å². The van der Waals surface area contributed by atoms with E-state index in [1.807, 2.05) is 86.6 Å². The van der Waals surface area contributed by atoms with E-state index >= 15 is 0 Å². The number of benzene rings is 4. The summed E-state index contributed by atoms with van der Waals surface area (Å²) < 4.78 is 31.6. The number of hydrogen-bond acceptors (Lipinski definition) is 10. The van der Waals surface area contributed by atoms with E-state index in [0.29, 0.717) is 18.5 Å². The molecule has 1 aliphatic heterocycles. The van der Waals surface area contributed by atoms with Crippen LogP contribution < -0.4 is 5.32 Å². The highest BCUT2D eigenvalue weighted by molar-refractivity contribution is 7.79. The van der Waals surface area contributed by atoms with Gasteiger partial charge in [-0.05, 0) is 105 Å². The van der Waals surface area contributed by atoms with Crippen LogP contribution in [-0.4, -0.2) is 91.3 Å². The fourth-order valence-electron chi connectivity index (χ4n) is 6.79. The van der Waals surface area contributed by atoms with Crippen LogP contribution in [0.1, 0.15) is 93.4 Å². The molecule has 1 saturated heterocycles. The second-order valence-electron chi connectivity index (χ2n) is 15.1. The molecule has 1 aliphatic rings. The minimum Gasteiger partial charge on any atom is -0.508 e. The predicted octanol–water partition coefficient (Wildman–Crippen LogP) is 6.41. The van der Waals surface area contributed by atoms with Gasteiger partial charge in [0, 0.05) is 18.7 Å². The monoisotopic (exact) mass is 846 g/mol. The van der Waals surface area contributed by atoms with Gasteiger partial charge in [0.2, 0.25) is 0 Å². The molecule has 1 heterocycles. The summed E-state index contributed by atoms with van der Waals surface area (Å²) in [5, 5.41) is 63.4. The van der Waals surface area contributed by atoms with Crippen molar-refractivity contribution in [3.05, 3.63) is 131 Å². The molecule has 0 aliphatic carbocycles. The Bertz CT molecular complexity index is 1860. The van der Waals surface area contributed by atoms with E-state index in [9.17, 15) is 35.4 Å². The van der Waals surface area contributed by atoms with Gasteiger partial charge in [-0.1, -0.05) is 98.8 Å².